The van der Waals surface area contributed by atoms with E-state index in [2.05, 4.69) is 27.0 Å². The van der Waals surface area contributed by atoms with Crippen molar-refractivity contribution in [2.75, 3.05) is 17.2 Å². The average molecular weight is 447 g/mol. The maximum atomic E-state index is 12.7. The van der Waals surface area contributed by atoms with Gasteiger partial charge in [0.2, 0.25) is 5.91 Å². The maximum absolute atomic E-state index is 12.7. The molecular formula is C24H26N6O3. The van der Waals surface area contributed by atoms with Crippen LogP contribution in [0.4, 0.5) is 11.4 Å². The number of hydrogen-bond donors (Lipinski definition) is 4. The van der Waals surface area contributed by atoms with Crippen molar-refractivity contribution in [3.63, 3.8) is 0 Å². The lowest BCUT2D eigenvalue weighted by Gasteiger charge is -2.05. The van der Waals surface area contributed by atoms with Gasteiger partial charge in [-0.15, -0.1) is 0 Å². The number of H-pyrrole nitrogens is 1. The standard InChI is InChI=1S/C24H26N6O3/c1-15(31)27-17-10-22(30(3)13-17)24(33)28-18-11-21(29(2)14-18)23(32)25-9-8-16-12-26-20-7-5-4-6-19(16)20/h4-7,10-14,26H,8-9H2,1-3H3,(H,25,32)(H,27,31)(H,28,33). The van der Waals surface area contributed by atoms with Gasteiger partial charge in [-0.3, -0.25) is 14.4 Å². The molecule has 0 atom stereocenters. The summed E-state index contributed by atoms with van der Waals surface area (Å²) < 4.78 is 3.30. The minimum Gasteiger partial charge on any atom is -0.361 e. The van der Waals surface area contributed by atoms with Crippen LogP contribution in [0.5, 0.6) is 0 Å². The van der Waals surface area contributed by atoms with Gasteiger partial charge in [-0.25, -0.2) is 0 Å². The molecule has 1 aromatic carbocycles. The van der Waals surface area contributed by atoms with Gasteiger partial charge in [0.05, 0.1) is 11.4 Å². The summed E-state index contributed by atoms with van der Waals surface area (Å²) in [5, 5.41) is 9.55. The lowest BCUT2D eigenvalue weighted by atomic mass is 10.1. The number of para-hydroxylation sites is 1. The molecule has 0 aliphatic heterocycles. The van der Waals surface area contributed by atoms with Gasteiger partial charge in [0.1, 0.15) is 11.4 Å². The van der Waals surface area contributed by atoms with E-state index >= 15 is 0 Å². The Labute approximate surface area is 190 Å². The number of nitrogens with one attached hydrogen (secondary N) is 4. The number of aromatic nitrogens is 3. The molecule has 33 heavy (non-hydrogen) atoms. The average Bonchev–Trinajstić information content (AvgIpc) is 3.44. The molecular weight excluding hydrogens is 420 g/mol. The first-order chi connectivity index (χ1) is 15.8. The normalized spacial score (nSPS) is 10.9. The van der Waals surface area contributed by atoms with Crippen molar-refractivity contribution in [3.05, 3.63) is 71.9 Å². The van der Waals surface area contributed by atoms with Crippen molar-refractivity contribution in [2.45, 2.75) is 13.3 Å². The number of rotatable bonds is 7. The van der Waals surface area contributed by atoms with Crippen LogP contribution in [0.15, 0.2) is 55.0 Å². The molecule has 0 aliphatic carbocycles. The SMILES string of the molecule is CC(=O)Nc1cc(C(=O)Nc2cc(C(=O)NCCc3c[nH]c4ccccc34)n(C)c2)n(C)c1. The van der Waals surface area contributed by atoms with E-state index in [4.69, 9.17) is 0 Å². The Bertz CT molecular complexity index is 1340. The summed E-state index contributed by atoms with van der Waals surface area (Å²) >= 11 is 0. The van der Waals surface area contributed by atoms with Gasteiger partial charge < -0.3 is 30.1 Å². The number of benzene rings is 1. The van der Waals surface area contributed by atoms with Crippen molar-refractivity contribution < 1.29 is 14.4 Å². The van der Waals surface area contributed by atoms with Crippen LogP contribution >= 0.6 is 0 Å². The number of aromatic amines is 1. The lowest BCUT2D eigenvalue weighted by molar-refractivity contribution is -0.114. The molecule has 0 spiro atoms. The highest BCUT2D eigenvalue weighted by Gasteiger charge is 2.16. The number of amides is 3. The highest BCUT2D eigenvalue weighted by Crippen LogP contribution is 2.19. The monoisotopic (exact) mass is 446 g/mol. The molecule has 0 saturated heterocycles. The number of aryl methyl sites for hydroxylation is 2. The van der Waals surface area contributed by atoms with Gasteiger partial charge in [-0.05, 0) is 30.2 Å². The molecule has 0 aliphatic rings. The van der Waals surface area contributed by atoms with Crippen LogP contribution in [0, 0.1) is 0 Å². The summed E-state index contributed by atoms with van der Waals surface area (Å²) in [6, 6.07) is 11.3. The van der Waals surface area contributed by atoms with Crippen LogP contribution in [-0.2, 0) is 25.3 Å². The number of carbonyl (C=O) groups excluding carboxylic acids is 3. The molecule has 4 aromatic rings. The quantitative estimate of drug-likeness (QED) is 0.350. The zero-order valence-corrected chi connectivity index (χ0v) is 18.7. The Morgan fingerprint density at radius 2 is 1.55 bits per heavy atom. The molecule has 9 heteroatoms. The Morgan fingerprint density at radius 3 is 2.24 bits per heavy atom. The maximum Gasteiger partial charge on any atom is 0.272 e. The Morgan fingerprint density at radius 1 is 0.909 bits per heavy atom. The predicted octanol–water partition coefficient (Wildman–Crippen LogP) is 3.03. The number of anilines is 2. The van der Waals surface area contributed by atoms with Crippen LogP contribution in [0.2, 0.25) is 0 Å². The highest BCUT2D eigenvalue weighted by atomic mass is 16.2. The summed E-state index contributed by atoms with van der Waals surface area (Å²) in [6.45, 7) is 1.90. The zero-order chi connectivity index (χ0) is 23.5. The van der Waals surface area contributed by atoms with Crippen LogP contribution in [0.25, 0.3) is 10.9 Å². The second kappa shape index (κ2) is 9.07. The van der Waals surface area contributed by atoms with Crippen molar-refractivity contribution in [1.29, 1.82) is 0 Å². The van der Waals surface area contributed by atoms with E-state index in [0.717, 1.165) is 16.5 Å². The van der Waals surface area contributed by atoms with E-state index in [-0.39, 0.29) is 17.7 Å². The zero-order valence-electron chi connectivity index (χ0n) is 18.7. The van der Waals surface area contributed by atoms with Crippen molar-refractivity contribution >= 4 is 40.0 Å². The summed E-state index contributed by atoms with van der Waals surface area (Å²) in [7, 11) is 3.47. The predicted molar refractivity (Wildman–Crippen MR) is 127 cm³/mol. The third-order valence-electron chi connectivity index (χ3n) is 5.41. The van der Waals surface area contributed by atoms with Crippen molar-refractivity contribution in [3.8, 4) is 0 Å². The Balaban J connectivity index is 1.37. The van der Waals surface area contributed by atoms with Crippen molar-refractivity contribution in [1.82, 2.24) is 19.4 Å². The van der Waals surface area contributed by atoms with E-state index in [1.165, 1.54) is 6.92 Å². The molecule has 170 valence electrons. The molecule has 4 N–H and O–H groups in total. The third-order valence-corrected chi connectivity index (χ3v) is 5.41. The largest absolute Gasteiger partial charge is 0.361 e. The fourth-order valence-corrected chi connectivity index (χ4v) is 3.86. The van der Waals surface area contributed by atoms with Gasteiger partial charge in [0.25, 0.3) is 11.8 Å². The Kier molecular flexibility index (Phi) is 6.03. The number of nitrogens with zero attached hydrogens (tertiary/aromatic N) is 2. The minimum atomic E-state index is -0.342. The molecule has 0 fully saturated rings. The number of carbonyl (C=O) groups is 3. The number of fused-ring (bicyclic) bond motifs is 1. The fraction of sp³-hybridized carbons (Fsp3) is 0.208. The first-order valence-electron chi connectivity index (χ1n) is 10.6. The topological polar surface area (TPSA) is 113 Å². The summed E-state index contributed by atoms with van der Waals surface area (Å²) in [4.78, 5) is 39.8. The van der Waals surface area contributed by atoms with Gasteiger partial charge in [-0.1, -0.05) is 18.2 Å². The Hall–Kier alpha value is -4.27. The van der Waals surface area contributed by atoms with Crippen LogP contribution < -0.4 is 16.0 Å². The van der Waals surface area contributed by atoms with E-state index in [9.17, 15) is 14.4 Å². The molecule has 0 saturated carbocycles. The molecule has 3 heterocycles. The van der Waals surface area contributed by atoms with Gasteiger partial charge in [0, 0.05) is 57.1 Å². The van der Waals surface area contributed by atoms with E-state index < -0.39 is 0 Å². The second-order valence-electron chi connectivity index (χ2n) is 7.95. The second-order valence-corrected chi connectivity index (χ2v) is 7.95. The van der Waals surface area contributed by atoms with Gasteiger partial charge >= 0.3 is 0 Å². The molecule has 0 unspecified atom stereocenters. The summed E-state index contributed by atoms with van der Waals surface area (Å²) in [5.74, 6) is -0.772. The van der Waals surface area contributed by atoms with Crippen LogP contribution in [-0.4, -0.2) is 38.4 Å². The van der Waals surface area contributed by atoms with Gasteiger partial charge in [0.15, 0.2) is 0 Å². The first-order valence-corrected chi connectivity index (χ1v) is 10.6. The summed E-state index contributed by atoms with van der Waals surface area (Å²) in [5.41, 5.74) is 4.09. The molecule has 9 nitrogen and oxygen atoms in total. The molecule has 3 amide bonds. The fourth-order valence-electron chi connectivity index (χ4n) is 3.86. The van der Waals surface area contributed by atoms with Crippen molar-refractivity contribution in [2.24, 2.45) is 14.1 Å². The smallest absolute Gasteiger partial charge is 0.272 e. The molecule has 0 bridgehead atoms. The number of hydrogen-bond acceptors (Lipinski definition) is 3. The van der Waals surface area contributed by atoms with Gasteiger partial charge in [-0.2, -0.15) is 0 Å². The lowest BCUT2D eigenvalue weighted by Crippen LogP contribution is -2.27. The third kappa shape index (κ3) is 4.82. The molecule has 4 rings (SSSR count). The minimum absolute atomic E-state index is 0.212. The van der Waals surface area contributed by atoms with Crippen LogP contribution in [0.1, 0.15) is 33.5 Å². The molecule has 0 radical (unpaired) electrons. The van der Waals surface area contributed by atoms with E-state index in [1.54, 1.807) is 47.8 Å². The highest BCUT2D eigenvalue weighted by molar-refractivity contribution is 6.05. The van der Waals surface area contributed by atoms with Crippen LogP contribution in [0.3, 0.4) is 0 Å². The summed E-state index contributed by atoms with van der Waals surface area (Å²) in [6.07, 6.45) is 6.01. The molecule has 3 aromatic heterocycles. The van der Waals surface area contributed by atoms with E-state index in [1.807, 2.05) is 24.4 Å². The first kappa shape index (κ1) is 21.9. The van der Waals surface area contributed by atoms with E-state index in [0.29, 0.717) is 35.7 Å².